The molecule has 1 amide bonds. The molecule has 0 unspecified atom stereocenters. The zero-order valence-electron chi connectivity index (χ0n) is 13.8. The summed E-state index contributed by atoms with van der Waals surface area (Å²) in [7, 11) is 0. The number of hydrogen-bond donors (Lipinski definition) is 0. The van der Waals surface area contributed by atoms with Crippen molar-refractivity contribution in [2.45, 2.75) is 63.5 Å². The normalized spacial score (nSPS) is 24.2. The highest BCUT2D eigenvalue weighted by atomic mass is 16.2. The first-order valence-corrected chi connectivity index (χ1v) is 9.13. The highest BCUT2D eigenvalue weighted by Crippen LogP contribution is 2.34. The van der Waals surface area contributed by atoms with Gasteiger partial charge >= 0.3 is 0 Å². The molecule has 1 aliphatic carbocycles. The Labute approximate surface area is 138 Å². The Morgan fingerprint density at radius 3 is 2.57 bits per heavy atom. The van der Waals surface area contributed by atoms with Crippen LogP contribution in [-0.2, 0) is 11.3 Å². The van der Waals surface area contributed by atoms with E-state index in [1.54, 1.807) is 0 Å². The van der Waals surface area contributed by atoms with Crippen LogP contribution in [0.1, 0.15) is 62.4 Å². The molecular formula is C18H26N4O. The summed E-state index contributed by atoms with van der Waals surface area (Å²) < 4.78 is 0. The van der Waals surface area contributed by atoms with E-state index in [-0.39, 0.29) is 0 Å². The van der Waals surface area contributed by atoms with E-state index in [1.807, 2.05) is 6.20 Å². The lowest BCUT2D eigenvalue weighted by Crippen LogP contribution is -2.45. The van der Waals surface area contributed by atoms with Crippen molar-refractivity contribution in [3.63, 3.8) is 0 Å². The second-order valence-electron chi connectivity index (χ2n) is 7.23. The lowest BCUT2D eigenvalue weighted by atomic mass is 9.85. The molecule has 0 spiro atoms. The molecule has 0 radical (unpaired) electrons. The SMILES string of the molecule is O=C1CCCN1C1CCN(Cc2ccnc(C3CCC3)n2)CC1. The molecule has 5 nitrogen and oxygen atoms in total. The molecule has 3 heterocycles. The first-order valence-electron chi connectivity index (χ1n) is 9.13. The minimum Gasteiger partial charge on any atom is -0.340 e. The van der Waals surface area contributed by atoms with Gasteiger partial charge in [-0.3, -0.25) is 9.69 Å². The van der Waals surface area contributed by atoms with Crippen LogP contribution in [0.2, 0.25) is 0 Å². The van der Waals surface area contributed by atoms with Gasteiger partial charge in [-0.1, -0.05) is 6.42 Å². The molecule has 3 fully saturated rings. The third kappa shape index (κ3) is 3.25. The summed E-state index contributed by atoms with van der Waals surface area (Å²) in [5, 5.41) is 0. The van der Waals surface area contributed by atoms with Gasteiger partial charge in [0.1, 0.15) is 5.82 Å². The third-order valence-corrected chi connectivity index (χ3v) is 5.70. The molecule has 5 heteroatoms. The van der Waals surface area contributed by atoms with Gasteiger partial charge in [-0.25, -0.2) is 9.97 Å². The zero-order chi connectivity index (χ0) is 15.6. The van der Waals surface area contributed by atoms with Crippen molar-refractivity contribution in [2.24, 2.45) is 0 Å². The van der Waals surface area contributed by atoms with Gasteiger partial charge in [0.25, 0.3) is 0 Å². The minimum atomic E-state index is 0.365. The van der Waals surface area contributed by atoms with Crippen molar-refractivity contribution < 1.29 is 4.79 Å². The number of carbonyl (C=O) groups excluding carboxylic acids is 1. The lowest BCUT2D eigenvalue weighted by molar-refractivity contribution is -0.130. The fourth-order valence-electron chi connectivity index (χ4n) is 4.04. The first kappa shape index (κ1) is 15.1. The van der Waals surface area contributed by atoms with E-state index in [0.717, 1.165) is 63.4 Å². The smallest absolute Gasteiger partial charge is 0.222 e. The van der Waals surface area contributed by atoms with E-state index in [0.29, 0.717) is 17.9 Å². The monoisotopic (exact) mass is 314 g/mol. The summed E-state index contributed by atoms with van der Waals surface area (Å²) in [6.07, 6.45) is 9.75. The second kappa shape index (κ2) is 6.56. The summed E-state index contributed by atoms with van der Waals surface area (Å²) in [6.45, 7) is 4.03. The zero-order valence-corrected chi connectivity index (χ0v) is 13.8. The molecule has 0 atom stereocenters. The average molecular weight is 314 g/mol. The number of amides is 1. The highest BCUT2D eigenvalue weighted by molar-refractivity contribution is 5.78. The summed E-state index contributed by atoms with van der Waals surface area (Å²) in [5.74, 6) is 2.01. The molecule has 23 heavy (non-hydrogen) atoms. The summed E-state index contributed by atoms with van der Waals surface area (Å²) in [4.78, 5) is 25.7. The van der Waals surface area contributed by atoms with Crippen LogP contribution in [0.15, 0.2) is 12.3 Å². The Hall–Kier alpha value is -1.49. The predicted octanol–water partition coefficient (Wildman–Crippen LogP) is 2.33. The van der Waals surface area contributed by atoms with Crippen LogP contribution < -0.4 is 0 Å². The molecule has 4 rings (SSSR count). The lowest BCUT2D eigenvalue weighted by Gasteiger charge is -2.36. The highest BCUT2D eigenvalue weighted by Gasteiger charge is 2.30. The van der Waals surface area contributed by atoms with E-state index in [4.69, 9.17) is 4.98 Å². The number of carbonyl (C=O) groups is 1. The van der Waals surface area contributed by atoms with Crippen molar-refractivity contribution in [1.29, 1.82) is 0 Å². The average Bonchev–Trinajstić information content (AvgIpc) is 2.93. The van der Waals surface area contributed by atoms with Crippen molar-refractivity contribution >= 4 is 5.91 Å². The molecule has 124 valence electrons. The van der Waals surface area contributed by atoms with Crippen molar-refractivity contribution in [3.05, 3.63) is 23.8 Å². The molecule has 0 aromatic carbocycles. The fourth-order valence-corrected chi connectivity index (χ4v) is 4.04. The van der Waals surface area contributed by atoms with Gasteiger partial charge in [0.2, 0.25) is 5.91 Å². The Bertz CT molecular complexity index is 564. The van der Waals surface area contributed by atoms with Gasteiger partial charge < -0.3 is 4.90 Å². The molecular weight excluding hydrogens is 288 g/mol. The van der Waals surface area contributed by atoms with E-state index < -0.39 is 0 Å². The maximum atomic E-state index is 11.9. The van der Waals surface area contributed by atoms with Crippen LogP contribution in [0.4, 0.5) is 0 Å². The van der Waals surface area contributed by atoms with Gasteiger partial charge in [-0.2, -0.15) is 0 Å². The Morgan fingerprint density at radius 2 is 1.91 bits per heavy atom. The Balaban J connectivity index is 1.31. The molecule has 0 N–H and O–H groups in total. The fraction of sp³-hybridized carbons (Fsp3) is 0.722. The van der Waals surface area contributed by atoms with Crippen molar-refractivity contribution in [3.8, 4) is 0 Å². The van der Waals surface area contributed by atoms with E-state index in [1.165, 1.54) is 19.3 Å². The summed E-state index contributed by atoms with van der Waals surface area (Å²) in [5.41, 5.74) is 1.15. The molecule has 1 saturated carbocycles. The third-order valence-electron chi connectivity index (χ3n) is 5.70. The predicted molar refractivity (Wildman–Crippen MR) is 87.9 cm³/mol. The number of likely N-dealkylation sites (tertiary alicyclic amines) is 2. The van der Waals surface area contributed by atoms with Crippen LogP contribution >= 0.6 is 0 Å². The number of piperidine rings is 1. The Morgan fingerprint density at radius 1 is 1.09 bits per heavy atom. The van der Waals surface area contributed by atoms with E-state index in [9.17, 15) is 4.79 Å². The number of hydrogen-bond acceptors (Lipinski definition) is 4. The summed E-state index contributed by atoms with van der Waals surface area (Å²) in [6, 6.07) is 2.52. The summed E-state index contributed by atoms with van der Waals surface area (Å²) >= 11 is 0. The number of rotatable bonds is 4. The van der Waals surface area contributed by atoms with Crippen LogP contribution in [0, 0.1) is 0 Å². The molecule has 2 saturated heterocycles. The largest absolute Gasteiger partial charge is 0.340 e. The molecule has 0 bridgehead atoms. The van der Waals surface area contributed by atoms with Crippen LogP contribution in [0.3, 0.4) is 0 Å². The topological polar surface area (TPSA) is 49.3 Å². The molecule has 2 aliphatic heterocycles. The maximum Gasteiger partial charge on any atom is 0.222 e. The first-order chi connectivity index (χ1) is 11.3. The number of aromatic nitrogens is 2. The van der Waals surface area contributed by atoms with Gasteiger partial charge in [0.15, 0.2) is 0 Å². The molecule has 1 aromatic rings. The molecule has 1 aromatic heterocycles. The maximum absolute atomic E-state index is 11.9. The van der Waals surface area contributed by atoms with Gasteiger partial charge in [0, 0.05) is 50.8 Å². The standard InChI is InChI=1S/C18H26N4O/c23-17-5-2-10-22(17)16-7-11-21(12-8-16)13-15-6-9-19-18(20-15)14-3-1-4-14/h6,9,14,16H,1-5,7-8,10-13H2. The van der Waals surface area contributed by atoms with Gasteiger partial charge in [0.05, 0.1) is 5.69 Å². The minimum absolute atomic E-state index is 0.365. The van der Waals surface area contributed by atoms with Gasteiger partial charge in [-0.15, -0.1) is 0 Å². The van der Waals surface area contributed by atoms with Crippen LogP contribution in [0.5, 0.6) is 0 Å². The van der Waals surface area contributed by atoms with E-state index >= 15 is 0 Å². The van der Waals surface area contributed by atoms with Gasteiger partial charge in [-0.05, 0) is 38.2 Å². The second-order valence-corrected chi connectivity index (χ2v) is 7.23. The van der Waals surface area contributed by atoms with Crippen molar-refractivity contribution in [1.82, 2.24) is 19.8 Å². The van der Waals surface area contributed by atoms with Crippen molar-refractivity contribution in [2.75, 3.05) is 19.6 Å². The number of nitrogens with zero attached hydrogens (tertiary/aromatic N) is 4. The van der Waals surface area contributed by atoms with Crippen LogP contribution in [0.25, 0.3) is 0 Å². The Kier molecular flexibility index (Phi) is 4.29. The molecule has 3 aliphatic rings. The van der Waals surface area contributed by atoms with E-state index in [2.05, 4.69) is 20.9 Å². The van der Waals surface area contributed by atoms with Crippen LogP contribution in [-0.4, -0.2) is 51.4 Å². The quantitative estimate of drug-likeness (QED) is 0.856.